The van der Waals surface area contributed by atoms with Crippen LogP contribution in [0.25, 0.3) is 0 Å². The summed E-state index contributed by atoms with van der Waals surface area (Å²) in [6.07, 6.45) is 2.84. The maximum Gasteiger partial charge on any atom is 0.158 e. The standard InChI is InChI=1S/C7H5ClN2O/c1-11-7-5(2-9)3-10-4-6(7)8/h3-4H,1H3. The molecule has 1 aromatic rings. The first-order valence-electron chi connectivity index (χ1n) is 2.87. The van der Waals surface area contributed by atoms with Gasteiger partial charge in [0.1, 0.15) is 16.7 Å². The fourth-order valence-corrected chi connectivity index (χ4v) is 0.946. The third-order valence-electron chi connectivity index (χ3n) is 1.18. The molecular weight excluding hydrogens is 164 g/mol. The summed E-state index contributed by atoms with van der Waals surface area (Å²) in [6, 6.07) is 1.92. The van der Waals surface area contributed by atoms with Gasteiger partial charge in [-0.25, -0.2) is 0 Å². The molecule has 0 saturated carbocycles. The molecule has 3 nitrogen and oxygen atoms in total. The van der Waals surface area contributed by atoms with Crippen molar-refractivity contribution in [2.45, 2.75) is 0 Å². The number of nitriles is 1. The van der Waals surface area contributed by atoms with Gasteiger partial charge in [-0.3, -0.25) is 4.98 Å². The van der Waals surface area contributed by atoms with E-state index in [1.54, 1.807) is 0 Å². The third kappa shape index (κ3) is 1.41. The minimum Gasteiger partial charge on any atom is -0.494 e. The molecule has 0 saturated heterocycles. The summed E-state index contributed by atoms with van der Waals surface area (Å²) in [5, 5.41) is 8.90. The van der Waals surface area contributed by atoms with Crippen molar-refractivity contribution in [2.24, 2.45) is 0 Å². The lowest BCUT2D eigenvalue weighted by Crippen LogP contribution is -1.89. The molecule has 0 aliphatic rings. The fourth-order valence-electron chi connectivity index (χ4n) is 0.710. The first-order chi connectivity index (χ1) is 5.29. The maximum atomic E-state index is 8.55. The Kier molecular flexibility index (Phi) is 2.29. The van der Waals surface area contributed by atoms with E-state index in [2.05, 4.69) is 4.98 Å². The van der Waals surface area contributed by atoms with Crippen LogP contribution < -0.4 is 4.74 Å². The van der Waals surface area contributed by atoms with Crippen LogP contribution in [0.15, 0.2) is 12.4 Å². The van der Waals surface area contributed by atoms with Gasteiger partial charge in [0.05, 0.1) is 7.11 Å². The van der Waals surface area contributed by atoms with Crippen LogP contribution in [0.3, 0.4) is 0 Å². The van der Waals surface area contributed by atoms with Crippen LogP contribution in [-0.2, 0) is 0 Å². The Hall–Kier alpha value is -1.27. The number of ether oxygens (including phenoxy) is 1. The first-order valence-corrected chi connectivity index (χ1v) is 3.25. The van der Waals surface area contributed by atoms with Crippen LogP contribution in [0, 0.1) is 11.3 Å². The highest BCUT2D eigenvalue weighted by molar-refractivity contribution is 6.32. The smallest absolute Gasteiger partial charge is 0.158 e. The van der Waals surface area contributed by atoms with Crippen molar-refractivity contribution < 1.29 is 4.74 Å². The summed E-state index contributed by atoms with van der Waals surface area (Å²) in [4.78, 5) is 3.73. The number of nitrogens with zero attached hydrogens (tertiary/aromatic N) is 2. The van der Waals surface area contributed by atoms with Crippen molar-refractivity contribution >= 4 is 11.6 Å². The highest BCUT2D eigenvalue weighted by atomic mass is 35.5. The molecule has 1 rings (SSSR count). The molecule has 0 atom stereocenters. The number of rotatable bonds is 1. The van der Waals surface area contributed by atoms with Gasteiger partial charge in [0.25, 0.3) is 0 Å². The predicted octanol–water partition coefficient (Wildman–Crippen LogP) is 1.62. The number of pyridine rings is 1. The van der Waals surface area contributed by atoms with E-state index in [0.717, 1.165) is 0 Å². The first kappa shape index (κ1) is 7.83. The Labute approximate surface area is 69.2 Å². The van der Waals surface area contributed by atoms with E-state index in [0.29, 0.717) is 16.3 Å². The minimum atomic E-state index is 0.347. The predicted molar refractivity (Wildman–Crippen MR) is 40.5 cm³/mol. The molecule has 0 bridgehead atoms. The van der Waals surface area contributed by atoms with Crippen LogP contribution in [0.5, 0.6) is 5.75 Å². The molecule has 0 amide bonds. The van der Waals surface area contributed by atoms with Crippen molar-refractivity contribution in [3.05, 3.63) is 23.0 Å². The zero-order chi connectivity index (χ0) is 8.27. The molecular formula is C7H5ClN2O. The van der Waals surface area contributed by atoms with Gasteiger partial charge in [-0.15, -0.1) is 0 Å². The average molecular weight is 169 g/mol. The summed E-state index contributed by atoms with van der Waals surface area (Å²) < 4.78 is 4.87. The van der Waals surface area contributed by atoms with Crippen LogP contribution in [0.2, 0.25) is 5.02 Å². The quantitative estimate of drug-likeness (QED) is 0.640. The van der Waals surface area contributed by atoms with Crippen molar-refractivity contribution in [1.82, 2.24) is 4.98 Å². The zero-order valence-electron chi connectivity index (χ0n) is 5.84. The van der Waals surface area contributed by atoms with Crippen molar-refractivity contribution in [1.29, 1.82) is 5.26 Å². The topological polar surface area (TPSA) is 45.9 Å². The van der Waals surface area contributed by atoms with Crippen LogP contribution in [-0.4, -0.2) is 12.1 Å². The maximum absolute atomic E-state index is 8.55. The Bertz CT molecular complexity index is 306. The average Bonchev–Trinajstić information content (AvgIpc) is 2.04. The lowest BCUT2D eigenvalue weighted by molar-refractivity contribution is 0.413. The molecule has 0 unspecified atom stereocenters. The lowest BCUT2D eigenvalue weighted by Gasteiger charge is -2.01. The molecule has 0 spiro atoms. The van der Waals surface area contributed by atoms with Crippen LogP contribution in [0.1, 0.15) is 5.56 Å². The summed E-state index contributed by atoms with van der Waals surface area (Å²) >= 11 is 5.67. The molecule has 0 aliphatic carbocycles. The van der Waals surface area contributed by atoms with E-state index >= 15 is 0 Å². The highest BCUT2D eigenvalue weighted by Gasteiger charge is 2.05. The molecule has 0 aromatic carbocycles. The number of aromatic nitrogens is 1. The Morgan fingerprint density at radius 2 is 2.36 bits per heavy atom. The monoisotopic (exact) mass is 168 g/mol. The van der Waals surface area contributed by atoms with E-state index in [9.17, 15) is 0 Å². The van der Waals surface area contributed by atoms with E-state index in [-0.39, 0.29) is 0 Å². The largest absolute Gasteiger partial charge is 0.494 e. The van der Waals surface area contributed by atoms with Crippen molar-refractivity contribution in [2.75, 3.05) is 7.11 Å². The van der Waals surface area contributed by atoms with Gasteiger partial charge in [-0.1, -0.05) is 11.6 Å². The van der Waals surface area contributed by atoms with Crippen LogP contribution in [0.4, 0.5) is 0 Å². The second-order valence-electron chi connectivity index (χ2n) is 1.81. The van der Waals surface area contributed by atoms with Crippen molar-refractivity contribution in [3.8, 4) is 11.8 Å². The molecule has 4 heteroatoms. The van der Waals surface area contributed by atoms with E-state index in [1.165, 1.54) is 19.5 Å². The summed E-state index contributed by atoms with van der Waals surface area (Å²) in [7, 11) is 1.46. The molecule has 0 radical (unpaired) electrons. The second-order valence-corrected chi connectivity index (χ2v) is 2.22. The molecule has 0 N–H and O–H groups in total. The normalized spacial score (nSPS) is 8.82. The minimum absolute atomic E-state index is 0.347. The van der Waals surface area contributed by atoms with Gasteiger partial charge in [0, 0.05) is 12.4 Å². The molecule has 56 valence electrons. The molecule has 0 fully saturated rings. The van der Waals surface area contributed by atoms with Gasteiger partial charge in [0.2, 0.25) is 0 Å². The second kappa shape index (κ2) is 3.22. The summed E-state index contributed by atoms with van der Waals surface area (Å²) in [5.41, 5.74) is 0.347. The van der Waals surface area contributed by atoms with Crippen LogP contribution >= 0.6 is 11.6 Å². The Morgan fingerprint density at radius 1 is 1.64 bits per heavy atom. The van der Waals surface area contributed by atoms with E-state index in [4.69, 9.17) is 21.6 Å². The summed E-state index contributed by atoms with van der Waals surface area (Å²) in [5.74, 6) is 0.379. The highest BCUT2D eigenvalue weighted by Crippen LogP contribution is 2.25. The molecule has 11 heavy (non-hydrogen) atoms. The lowest BCUT2D eigenvalue weighted by atomic mass is 10.3. The molecule has 0 aliphatic heterocycles. The van der Waals surface area contributed by atoms with Gasteiger partial charge < -0.3 is 4.74 Å². The van der Waals surface area contributed by atoms with Gasteiger partial charge in [-0.2, -0.15) is 5.26 Å². The van der Waals surface area contributed by atoms with Gasteiger partial charge in [0.15, 0.2) is 5.75 Å². The number of hydrogen-bond acceptors (Lipinski definition) is 3. The Morgan fingerprint density at radius 3 is 2.82 bits per heavy atom. The number of methoxy groups -OCH3 is 1. The third-order valence-corrected chi connectivity index (χ3v) is 1.45. The number of halogens is 1. The molecule has 1 aromatic heterocycles. The Balaban J connectivity index is 3.27. The van der Waals surface area contributed by atoms with Crippen molar-refractivity contribution in [3.63, 3.8) is 0 Å². The zero-order valence-corrected chi connectivity index (χ0v) is 6.59. The SMILES string of the molecule is COc1c(Cl)cncc1C#N. The van der Waals surface area contributed by atoms with Gasteiger partial charge >= 0.3 is 0 Å². The summed E-state index contributed by atoms with van der Waals surface area (Å²) in [6.45, 7) is 0. The molecule has 1 heterocycles. The number of hydrogen-bond donors (Lipinski definition) is 0. The van der Waals surface area contributed by atoms with E-state index < -0.39 is 0 Å². The van der Waals surface area contributed by atoms with Gasteiger partial charge in [-0.05, 0) is 0 Å². The fraction of sp³-hybridized carbons (Fsp3) is 0.143. The van der Waals surface area contributed by atoms with E-state index in [1.807, 2.05) is 6.07 Å².